The minimum absolute atomic E-state index is 0.0596. The molecule has 134 valence electrons. The molecule has 3 aromatic heterocycles. The van der Waals surface area contributed by atoms with Crippen molar-refractivity contribution in [2.24, 2.45) is 0 Å². The number of thiophene rings is 2. The first kappa shape index (κ1) is 16.0. The monoisotopic (exact) mass is 385 g/mol. The molecule has 0 aliphatic carbocycles. The molecule has 2 aliphatic rings. The largest absolute Gasteiger partial charge is 0.352 e. The van der Waals surface area contributed by atoms with Crippen molar-refractivity contribution < 1.29 is 4.79 Å². The zero-order valence-corrected chi connectivity index (χ0v) is 16.3. The summed E-state index contributed by atoms with van der Waals surface area (Å²) in [5.74, 6) is 1.81. The Morgan fingerprint density at radius 1 is 1.27 bits per heavy atom. The summed E-state index contributed by atoms with van der Waals surface area (Å²) in [4.78, 5) is 29.4. The van der Waals surface area contributed by atoms with Gasteiger partial charge in [-0.05, 0) is 30.9 Å². The van der Waals surface area contributed by atoms with E-state index in [-0.39, 0.29) is 12.1 Å². The number of hydrogen-bond donors (Lipinski definition) is 1. The molecule has 1 atom stereocenters. The van der Waals surface area contributed by atoms with Gasteiger partial charge in [0.1, 0.15) is 10.6 Å². The van der Waals surface area contributed by atoms with Gasteiger partial charge in [-0.1, -0.05) is 6.07 Å². The molecule has 1 N–H and O–H groups in total. The van der Waals surface area contributed by atoms with Gasteiger partial charge in [0.15, 0.2) is 5.82 Å². The Hall–Kier alpha value is -2.19. The highest BCUT2D eigenvalue weighted by Gasteiger charge is 2.36. The number of carbonyl (C=O) groups excluding carboxylic acids is 1. The SMILES string of the molecule is Cc1sc2nc(-c3cccs3)nc(N3CCN4C(=O)NC[C@H]4C3)c2c1C. The molecule has 8 heteroatoms. The summed E-state index contributed by atoms with van der Waals surface area (Å²) in [5.41, 5.74) is 1.26. The number of hydrogen-bond acceptors (Lipinski definition) is 6. The number of amides is 2. The van der Waals surface area contributed by atoms with Gasteiger partial charge in [0.25, 0.3) is 0 Å². The van der Waals surface area contributed by atoms with E-state index in [1.54, 1.807) is 22.7 Å². The lowest BCUT2D eigenvalue weighted by molar-refractivity contribution is 0.197. The van der Waals surface area contributed by atoms with E-state index in [9.17, 15) is 4.79 Å². The van der Waals surface area contributed by atoms with E-state index in [1.165, 1.54) is 15.8 Å². The second kappa shape index (κ2) is 5.92. The van der Waals surface area contributed by atoms with Crippen LogP contribution in [0.1, 0.15) is 10.4 Å². The maximum Gasteiger partial charge on any atom is 0.317 e. The number of aryl methyl sites for hydroxylation is 2. The fraction of sp³-hybridized carbons (Fsp3) is 0.389. The number of carbonyl (C=O) groups is 1. The van der Waals surface area contributed by atoms with Crippen LogP contribution < -0.4 is 10.2 Å². The molecule has 0 spiro atoms. The van der Waals surface area contributed by atoms with Gasteiger partial charge in [-0.25, -0.2) is 14.8 Å². The zero-order chi connectivity index (χ0) is 17.8. The highest BCUT2D eigenvalue weighted by molar-refractivity contribution is 7.19. The van der Waals surface area contributed by atoms with Crippen LogP contribution in [0.2, 0.25) is 0 Å². The summed E-state index contributed by atoms with van der Waals surface area (Å²) in [6.07, 6.45) is 0. The van der Waals surface area contributed by atoms with Gasteiger partial charge in [0.05, 0.1) is 16.3 Å². The maximum absolute atomic E-state index is 11.9. The van der Waals surface area contributed by atoms with Crippen LogP contribution in [0.15, 0.2) is 17.5 Å². The van der Waals surface area contributed by atoms with Gasteiger partial charge in [0, 0.05) is 31.1 Å². The quantitative estimate of drug-likeness (QED) is 0.736. The van der Waals surface area contributed by atoms with E-state index >= 15 is 0 Å². The first-order valence-electron chi connectivity index (χ1n) is 8.73. The van der Waals surface area contributed by atoms with Crippen LogP contribution in [0.25, 0.3) is 20.9 Å². The third-order valence-corrected chi connectivity index (χ3v) is 7.25. The van der Waals surface area contributed by atoms with Gasteiger partial charge in [-0.3, -0.25) is 0 Å². The Bertz CT molecular complexity index is 997. The normalized spacial score (nSPS) is 19.9. The van der Waals surface area contributed by atoms with Crippen molar-refractivity contribution in [1.82, 2.24) is 20.2 Å². The first-order chi connectivity index (χ1) is 12.6. The van der Waals surface area contributed by atoms with Crippen LogP contribution in [0.3, 0.4) is 0 Å². The minimum Gasteiger partial charge on any atom is -0.352 e. The summed E-state index contributed by atoms with van der Waals surface area (Å²) < 4.78 is 0. The molecule has 0 bridgehead atoms. The maximum atomic E-state index is 11.9. The van der Waals surface area contributed by atoms with Crippen LogP contribution in [0.5, 0.6) is 0 Å². The highest BCUT2D eigenvalue weighted by Crippen LogP contribution is 2.38. The van der Waals surface area contributed by atoms with Crippen molar-refractivity contribution in [3.63, 3.8) is 0 Å². The molecule has 0 unspecified atom stereocenters. The molecule has 2 aliphatic heterocycles. The summed E-state index contributed by atoms with van der Waals surface area (Å²) >= 11 is 3.40. The van der Waals surface area contributed by atoms with Crippen molar-refractivity contribution in [3.05, 3.63) is 28.0 Å². The molecule has 3 aromatic rings. The fourth-order valence-corrected chi connectivity index (χ4v) is 5.45. The summed E-state index contributed by atoms with van der Waals surface area (Å²) in [5, 5.41) is 6.17. The lowest BCUT2D eigenvalue weighted by Crippen LogP contribution is -2.52. The first-order valence-corrected chi connectivity index (χ1v) is 10.4. The molecule has 0 saturated carbocycles. The third-order valence-electron chi connectivity index (χ3n) is 5.28. The Labute approximate surface area is 159 Å². The van der Waals surface area contributed by atoms with Gasteiger partial charge >= 0.3 is 6.03 Å². The van der Waals surface area contributed by atoms with Crippen LogP contribution in [-0.2, 0) is 0 Å². The van der Waals surface area contributed by atoms with Crippen molar-refractivity contribution in [2.75, 3.05) is 31.1 Å². The number of anilines is 1. The van der Waals surface area contributed by atoms with Crippen LogP contribution in [-0.4, -0.2) is 53.1 Å². The minimum atomic E-state index is 0.0596. The van der Waals surface area contributed by atoms with Crippen molar-refractivity contribution in [2.45, 2.75) is 19.9 Å². The average Bonchev–Trinajstić information content (AvgIpc) is 3.36. The molecule has 26 heavy (non-hydrogen) atoms. The summed E-state index contributed by atoms with van der Waals surface area (Å²) in [6.45, 7) is 7.36. The molecule has 0 radical (unpaired) electrons. The smallest absolute Gasteiger partial charge is 0.317 e. The highest BCUT2D eigenvalue weighted by atomic mass is 32.1. The standard InChI is InChI=1S/C18H19N5OS2/c1-10-11(2)26-17-14(10)16(20-15(21-17)13-4-3-7-25-13)22-5-6-23-12(9-22)8-19-18(23)24/h3-4,7,12H,5-6,8-9H2,1-2H3,(H,19,24)/t12-/m0/s1. The zero-order valence-electron chi connectivity index (χ0n) is 14.7. The predicted molar refractivity (Wildman–Crippen MR) is 106 cm³/mol. The molecule has 5 heterocycles. The molecule has 2 amide bonds. The Morgan fingerprint density at radius 2 is 2.15 bits per heavy atom. The molecule has 5 rings (SSSR count). The van der Waals surface area contributed by atoms with Crippen molar-refractivity contribution in [1.29, 1.82) is 0 Å². The van der Waals surface area contributed by atoms with E-state index in [1.807, 2.05) is 11.0 Å². The molecular weight excluding hydrogens is 366 g/mol. The average molecular weight is 386 g/mol. The van der Waals surface area contributed by atoms with Crippen molar-refractivity contribution >= 4 is 44.7 Å². The molecule has 6 nitrogen and oxygen atoms in total. The number of piperazine rings is 1. The van der Waals surface area contributed by atoms with Gasteiger partial charge in [-0.15, -0.1) is 22.7 Å². The summed E-state index contributed by atoms with van der Waals surface area (Å²) in [6, 6.07) is 4.38. The van der Waals surface area contributed by atoms with Crippen LogP contribution in [0.4, 0.5) is 10.6 Å². The number of urea groups is 1. The summed E-state index contributed by atoms with van der Waals surface area (Å²) in [7, 11) is 0. The second-order valence-electron chi connectivity index (χ2n) is 6.79. The second-order valence-corrected chi connectivity index (χ2v) is 8.94. The molecular formula is C18H19N5OS2. The van der Waals surface area contributed by atoms with E-state index < -0.39 is 0 Å². The van der Waals surface area contributed by atoms with Crippen LogP contribution in [0, 0.1) is 13.8 Å². The fourth-order valence-electron chi connectivity index (χ4n) is 3.77. The molecule has 2 fully saturated rings. The predicted octanol–water partition coefficient (Wildman–Crippen LogP) is 3.25. The van der Waals surface area contributed by atoms with Gasteiger partial charge in [0.2, 0.25) is 0 Å². The Kier molecular flexibility index (Phi) is 3.65. The Morgan fingerprint density at radius 3 is 2.96 bits per heavy atom. The van der Waals surface area contributed by atoms with Gasteiger partial charge in [-0.2, -0.15) is 0 Å². The van der Waals surface area contributed by atoms with E-state index in [0.717, 1.165) is 41.0 Å². The Balaban J connectivity index is 1.63. The molecule has 0 aromatic carbocycles. The topological polar surface area (TPSA) is 61.4 Å². The van der Waals surface area contributed by atoms with E-state index in [4.69, 9.17) is 9.97 Å². The van der Waals surface area contributed by atoms with Crippen LogP contribution >= 0.6 is 22.7 Å². The number of nitrogens with zero attached hydrogens (tertiary/aromatic N) is 4. The number of fused-ring (bicyclic) bond motifs is 2. The van der Waals surface area contributed by atoms with E-state index in [0.29, 0.717) is 6.54 Å². The molecule has 2 saturated heterocycles. The van der Waals surface area contributed by atoms with Crippen molar-refractivity contribution in [3.8, 4) is 10.7 Å². The number of nitrogens with one attached hydrogen (secondary N) is 1. The lowest BCUT2D eigenvalue weighted by Gasteiger charge is -2.37. The number of aromatic nitrogens is 2. The lowest BCUT2D eigenvalue weighted by atomic mass is 10.1. The van der Waals surface area contributed by atoms with E-state index in [2.05, 4.69) is 35.5 Å². The number of rotatable bonds is 2. The third kappa shape index (κ3) is 2.39. The van der Waals surface area contributed by atoms with Gasteiger partial charge < -0.3 is 15.1 Å².